The van der Waals surface area contributed by atoms with Crippen molar-refractivity contribution in [2.75, 3.05) is 12.4 Å². The maximum Gasteiger partial charge on any atom is 0.416 e. The third-order valence-electron chi connectivity index (χ3n) is 5.86. The lowest BCUT2D eigenvalue weighted by Crippen LogP contribution is -2.11. The van der Waals surface area contributed by atoms with Crippen molar-refractivity contribution in [1.29, 1.82) is 0 Å². The molecule has 0 aliphatic rings. The minimum Gasteiger partial charge on any atom is -0.466 e. The van der Waals surface area contributed by atoms with E-state index in [4.69, 9.17) is 4.74 Å². The van der Waals surface area contributed by atoms with Crippen LogP contribution in [0.4, 0.5) is 18.9 Å². The number of amides is 1. The van der Waals surface area contributed by atoms with Crippen molar-refractivity contribution < 1.29 is 22.7 Å². The molecule has 0 saturated heterocycles. The molecule has 1 amide bonds. The lowest BCUT2D eigenvalue weighted by atomic mass is 10.0. The third-order valence-corrected chi connectivity index (χ3v) is 5.86. The Morgan fingerprint density at radius 1 is 0.789 bits per heavy atom. The minimum atomic E-state index is -4.44. The van der Waals surface area contributed by atoms with Crippen LogP contribution in [0.25, 0.3) is 28.2 Å². The standard InChI is InChI=1S/C29H21F3N4O2/c1-38-28-34-26(21-11-13-23(14-12-21)29(30,31)32)36(35-28)25-17-15-24(16-18-25)33-27(37)22-9-7-20(8-10-22)19-5-3-2-4-6-19/h2-18H,1H3,(H,33,37). The second-order valence-corrected chi connectivity index (χ2v) is 8.35. The van der Waals surface area contributed by atoms with E-state index in [2.05, 4.69) is 15.4 Å². The van der Waals surface area contributed by atoms with E-state index in [1.54, 1.807) is 36.4 Å². The molecule has 0 radical (unpaired) electrons. The number of hydrogen-bond donors (Lipinski definition) is 1. The normalized spacial score (nSPS) is 11.3. The Morgan fingerprint density at radius 2 is 1.39 bits per heavy atom. The predicted molar refractivity (Wildman–Crippen MR) is 138 cm³/mol. The van der Waals surface area contributed by atoms with Gasteiger partial charge in [0.2, 0.25) is 0 Å². The number of ether oxygens (including phenoxy) is 1. The summed E-state index contributed by atoms with van der Waals surface area (Å²) in [5, 5.41) is 7.16. The highest BCUT2D eigenvalue weighted by Crippen LogP contribution is 2.31. The first-order valence-corrected chi connectivity index (χ1v) is 11.6. The zero-order chi connectivity index (χ0) is 26.7. The summed E-state index contributed by atoms with van der Waals surface area (Å²) in [6.07, 6.45) is -4.44. The highest BCUT2D eigenvalue weighted by Gasteiger charge is 2.30. The van der Waals surface area contributed by atoms with Gasteiger partial charge in [0.15, 0.2) is 5.82 Å². The number of benzene rings is 4. The number of rotatable bonds is 6. The first-order valence-electron chi connectivity index (χ1n) is 11.6. The average Bonchev–Trinajstić information content (AvgIpc) is 3.38. The molecule has 0 aliphatic carbocycles. The first-order chi connectivity index (χ1) is 18.3. The van der Waals surface area contributed by atoms with Gasteiger partial charge < -0.3 is 10.1 Å². The van der Waals surface area contributed by atoms with E-state index in [1.807, 2.05) is 42.5 Å². The van der Waals surface area contributed by atoms with Crippen LogP contribution in [-0.4, -0.2) is 27.8 Å². The Balaban J connectivity index is 1.34. The molecule has 4 aromatic carbocycles. The van der Waals surface area contributed by atoms with E-state index in [0.29, 0.717) is 28.3 Å². The number of nitrogens with one attached hydrogen (secondary N) is 1. The number of halogens is 3. The topological polar surface area (TPSA) is 69.0 Å². The molecule has 38 heavy (non-hydrogen) atoms. The summed E-state index contributed by atoms with van der Waals surface area (Å²) in [6.45, 7) is 0. The maximum absolute atomic E-state index is 13.0. The Morgan fingerprint density at radius 3 is 2.00 bits per heavy atom. The molecular weight excluding hydrogens is 493 g/mol. The van der Waals surface area contributed by atoms with Gasteiger partial charge in [0.25, 0.3) is 5.91 Å². The molecule has 0 unspecified atom stereocenters. The summed E-state index contributed by atoms with van der Waals surface area (Å²) in [5.41, 5.74) is 3.42. The largest absolute Gasteiger partial charge is 0.466 e. The Bertz CT molecular complexity index is 1550. The highest BCUT2D eigenvalue weighted by molar-refractivity contribution is 6.04. The smallest absolute Gasteiger partial charge is 0.416 e. The van der Waals surface area contributed by atoms with Crippen LogP contribution in [0.3, 0.4) is 0 Å². The van der Waals surface area contributed by atoms with Gasteiger partial charge in [-0.15, -0.1) is 5.10 Å². The molecule has 0 saturated carbocycles. The quantitative estimate of drug-likeness (QED) is 0.268. The number of carbonyl (C=O) groups excluding carboxylic acids is 1. The van der Waals surface area contributed by atoms with Gasteiger partial charge in [-0.05, 0) is 59.7 Å². The fraction of sp³-hybridized carbons (Fsp3) is 0.0690. The number of anilines is 1. The van der Waals surface area contributed by atoms with Crippen molar-refractivity contribution >= 4 is 11.6 Å². The van der Waals surface area contributed by atoms with Crippen molar-refractivity contribution in [3.05, 3.63) is 114 Å². The van der Waals surface area contributed by atoms with E-state index in [9.17, 15) is 18.0 Å². The SMILES string of the molecule is COc1nc(-c2ccc(C(F)(F)F)cc2)n(-c2ccc(NC(=O)c3ccc(-c4ccccc4)cc3)cc2)n1. The number of carbonyl (C=O) groups is 1. The van der Waals surface area contributed by atoms with Gasteiger partial charge in [0.1, 0.15) is 0 Å². The van der Waals surface area contributed by atoms with Crippen molar-refractivity contribution in [3.8, 4) is 34.2 Å². The number of nitrogens with zero attached hydrogens (tertiary/aromatic N) is 3. The molecule has 5 rings (SSSR count). The van der Waals surface area contributed by atoms with Gasteiger partial charge in [-0.2, -0.15) is 18.2 Å². The van der Waals surface area contributed by atoms with E-state index in [0.717, 1.165) is 23.3 Å². The van der Waals surface area contributed by atoms with E-state index >= 15 is 0 Å². The zero-order valence-electron chi connectivity index (χ0n) is 20.1. The van der Waals surface area contributed by atoms with Crippen molar-refractivity contribution in [3.63, 3.8) is 0 Å². The Hall–Kier alpha value is -4.92. The van der Waals surface area contributed by atoms with Crippen LogP contribution in [0.1, 0.15) is 15.9 Å². The number of aromatic nitrogens is 3. The molecule has 190 valence electrons. The molecule has 0 spiro atoms. The monoisotopic (exact) mass is 514 g/mol. The first kappa shape index (κ1) is 24.8. The number of methoxy groups -OCH3 is 1. The van der Waals surface area contributed by atoms with E-state index in [-0.39, 0.29) is 11.9 Å². The average molecular weight is 515 g/mol. The summed E-state index contributed by atoms with van der Waals surface area (Å²) in [4.78, 5) is 17.0. The Labute approximate surface area is 216 Å². The molecular formula is C29H21F3N4O2. The van der Waals surface area contributed by atoms with Gasteiger partial charge in [-0.3, -0.25) is 4.79 Å². The fourth-order valence-electron chi connectivity index (χ4n) is 3.89. The van der Waals surface area contributed by atoms with Crippen molar-refractivity contribution in [2.24, 2.45) is 0 Å². The van der Waals surface area contributed by atoms with Crippen LogP contribution in [0.5, 0.6) is 6.01 Å². The van der Waals surface area contributed by atoms with Crippen LogP contribution in [0, 0.1) is 0 Å². The summed E-state index contributed by atoms with van der Waals surface area (Å²) < 4.78 is 45.5. The molecule has 9 heteroatoms. The summed E-state index contributed by atoms with van der Waals surface area (Å²) in [5.74, 6) is 0.0519. The van der Waals surface area contributed by atoms with Gasteiger partial charge >= 0.3 is 12.2 Å². The summed E-state index contributed by atoms with van der Waals surface area (Å²) >= 11 is 0. The maximum atomic E-state index is 13.0. The van der Waals surface area contributed by atoms with Gasteiger partial charge in [0.05, 0.1) is 18.4 Å². The van der Waals surface area contributed by atoms with Gasteiger partial charge in [-0.25, -0.2) is 4.68 Å². The molecule has 0 atom stereocenters. The predicted octanol–water partition coefficient (Wildman–Crippen LogP) is 6.88. The van der Waals surface area contributed by atoms with Gasteiger partial charge in [0, 0.05) is 16.8 Å². The second kappa shape index (κ2) is 10.2. The van der Waals surface area contributed by atoms with E-state index in [1.165, 1.54) is 23.9 Å². The van der Waals surface area contributed by atoms with Crippen LogP contribution in [0.2, 0.25) is 0 Å². The Kier molecular flexibility index (Phi) is 6.66. The lowest BCUT2D eigenvalue weighted by molar-refractivity contribution is -0.137. The van der Waals surface area contributed by atoms with Crippen LogP contribution in [0.15, 0.2) is 103 Å². The van der Waals surface area contributed by atoms with Crippen LogP contribution in [-0.2, 0) is 6.18 Å². The zero-order valence-corrected chi connectivity index (χ0v) is 20.1. The lowest BCUT2D eigenvalue weighted by Gasteiger charge is -2.10. The molecule has 1 aromatic heterocycles. The van der Waals surface area contributed by atoms with Crippen molar-refractivity contribution in [1.82, 2.24) is 14.8 Å². The summed E-state index contributed by atoms with van der Waals surface area (Å²) in [6, 6.07) is 28.8. The molecule has 1 N–H and O–H groups in total. The third kappa shape index (κ3) is 5.27. The van der Waals surface area contributed by atoms with Crippen LogP contribution >= 0.6 is 0 Å². The van der Waals surface area contributed by atoms with Gasteiger partial charge in [-0.1, -0.05) is 54.6 Å². The summed E-state index contributed by atoms with van der Waals surface area (Å²) in [7, 11) is 1.40. The number of alkyl halides is 3. The van der Waals surface area contributed by atoms with E-state index < -0.39 is 11.7 Å². The van der Waals surface area contributed by atoms with Crippen LogP contribution < -0.4 is 10.1 Å². The molecule has 5 aromatic rings. The molecule has 6 nitrogen and oxygen atoms in total. The molecule has 0 bridgehead atoms. The fourth-order valence-corrected chi connectivity index (χ4v) is 3.89. The second-order valence-electron chi connectivity index (χ2n) is 8.35. The number of hydrogen-bond acceptors (Lipinski definition) is 4. The molecule has 0 fully saturated rings. The minimum absolute atomic E-state index is 0.0660. The van der Waals surface area contributed by atoms with Crippen molar-refractivity contribution in [2.45, 2.75) is 6.18 Å². The molecule has 0 aliphatic heterocycles. The molecule has 1 heterocycles. The highest BCUT2D eigenvalue weighted by atomic mass is 19.4.